The third kappa shape index (κ3) is 4.83. The van der Waals surface area contributed by atoms with E-state index in [1.54, 1.807) is 0 Å². The first-order valence-electron chi connectivity index (χ1n) is 10.6. The largest absolute Gasteiger partial charge is 0.375 e. The molecule has 1 saturated heterocycles. The van der Waals surface area contributed by atoms with Crippen molar-refractivity contribution in [1.29, 1.82) is 0 Å². The Morgan fingerprint density at radius 1 is 1.26 bits per heavy atom. The van der Waals surface area contributed by atoms with E-state index in [1.807, 2.05) is 6.92 Å². The van der Waals surface area contributed by atoms with Crippen LogP contribution in [-0.2, 0) is 19.3 Å². The average Bonchev–Trinajstić information content (AvgIpc) is 3.28. The smallest absolute Gasteiger partial charge is 0.255 e. The van der Waals surface area contributed by atoms with Crippen LogP contribution in [0.15, 0.2) is 27.6 Å². The minimum Gasteiger partial charge on any atom is -0.375 e. The molecule has 170 valence electrons. The first-order chi connectivity index (χ1) is 14.5. The second-order valence-electron chi connectivity index (χ2n) is 9.58. The predicted molar refractivity (Wildman–Crippen MR) is 112 cm³/mol. The molecule has 1 aliphatic heterocycles. The van der Waals surface area contributed by atoms with Crippen molar-refractivity contribution in [3.8, 4) is 11.4 Å². The monoisotopic (exact) mass is 452 g/mol. The van der Waals surface area contributed by atoms with Crippen molar-refractivity contribution < 1.29 is 26.8 Å². The van der Waals surface area contributed by atoms with Gasteiger partial charge < -0.3 is 14.0 Å². The first kappa shape index (κ1) is 22.4. The summed E-state index contributed by atoms with van der Waals surface area (Å²) in [6.07, 6.45) is 5.85. The van der Waals surface area contributed by atoms with E-state index in [2.05, 4.69) is 24.0 Å². The molecule has 9 heteroatoms. The maximum Gasteiger partial charge on any atom is 0.255 e. The van der Waals surface area contributed by atoms with Gasteiger partial charge in [-0.05, 0) is 76.5 Å². The van der Waals surface area contributed by atoms with Crippen LogP contribution in [0.25, 0.3) is 11.4 Å². The molecule has 2 heterocycles. The Morgan fingerprint density at radius 2 is 1.97 bits per heavy atom. The van der Waals surface area contributed by atoms with Gasteiger partial charge in [-0.3, -0.25) is 0 Å². The van der Waals surface area contributed by atoms with Crippen molar-refractivity contribution in [3.63, 3.8) is 0 Å². The van der Waals surface area contributed by atoms with Crippen LogP contribution in [0.1, 0.15) is 64.9 Å². The second-order valence-corrected chi connectivity index (χ2v) is 11.6. The summed E-state index contributed by atoms with van der Waals surface area (Å²) >= 11 is 0. The summed E-state index contributed by atoms with van der Waals surface area (Å²) in [7, 11) is -3.64. The van der Waals surface area contributed by atoms with Gasteiger partial charge in [0.25, 0.3) is 5.89 Å². The van der Waals surface area contributed by atoms with Crippen molar-refractivity contribution in [2.75, 3.05) is 12.9 Å². The number of rotatable bonds is 5. The molecule has 1 unspecified atom stereocenters. The standard InChI is InChI=1S/C22H29FN2O5S/c1-14(29-16-7-9-22(10-8-16)12-21(2,3)28-13-22)20-24-19(25-30-20)15-5-6-18(17(23)11-15)31(4,26)27/h5-6,11,14,16H,7-10,12-13H2,1-4H3. The number of halogens is 1. The highest BCUT2D eigenvalue weighted by molar-refractivity contribution is 7.90. The van der Waals surface area contributed by atoms with Crippen LogP contribution in [0, 0.1) is 11.2 Å². The summed E-state index contributed by atoms with van der Waals surface area (Å²) < 4.78 is 54.8. The van der Waals surface area contributed by atoms with Gasteiger partial charge in [0.15, 0.2) is 9.84 Å². The Kier molecular flexibility index (Phi) is 5.72. The molecule has 2 aromatic rings. The molecule has 7 nitrogen and oxygen atoms in total. The van der Waals surface area contributed by atoms with Gasteiger partial charge in [-0.25, -0.2) is 12.8 Å². The van der Waals surface area contributed by atoms with Gasteiger partial charge in [-0.2, -0.15) is 4.98 Å². The first-order valence-corrected chi connectivity index (χ1v) is 12.5. The summed E-state index contributed by atoms with van der Waals surface area (Å²) in [5.74, 6) is -0.337. The Labute approximate surface area is 182 Å². The van der Waals surface area contributed by atoms with Gasteiger partial charge in [-0.15, -0.1) is 0 Å². The van der Waals surface area contributed by atoms with E-state index in [1.165, 1.54) is 12.1 Å². The lowest BCUT2D eigenvalue weighted by atomic mass is 9.70. The van der Waals surface area contributed by atoms with E-state index in [0.29, 0.717) is 11.5 Å². The minimum absolute atomic E-state index is 0.0415. The van der Waals surface area contributed by atoms with Gasteiger partial charge in [-0.1, -0.05) is 5.16 Å². The van der Waals surface area contributed by atoms with Gasteiger partial charge >= 0.3 is 0 Å². The molecule has 2 fully saturated rings. The summed E-state index contributed by atoms with van der Waals surface area (Å²) in [4.78, 5) is 3.97. The lowest BCUT2D eigenvalue weighted by Crippen LogP contribution is -2.32. The summed E-state index contributed by atoms with van der Waals surface area (Å²) in [5.41, 5.74) is 0.572. The third-order valence-corrected chi connectivity index (χ3v) is 7.47. The van der Waals surface area contributed by atoms with E-state index in [4.69, 9.17) is 14.0 Å². The molecule has 0 N–H and O–H groups in total. The highest BCUT2D eigenvalue weighted by Gasteiger charge is 2.46. The molecule has 1 atom stereocenters. The highest BCUT2D eigenvalue weighted by Crippen LogP contribution is 2.49. The maximum atomic E-state index is 14.2. The quantitative estimate of drug-likeness (QED) is 0.660. The zero-order valence-electron chi connectivity index (χ0n) is 18.4. The molecule has 1 aromatic carbocycles. The molecule has 1 spiro atoms. The number of nitrogens with zero attached hydrogens (tertiary/aromatic N) is 2. The van der Waals surface area contributed by atoms with Crippen LogP contribution in [0.3, 0.4) is 0 Å². The second kappa shape index (κ2) is 7.94. The zero-order chi connectivity index (χ0) is 22.4. The summed E-state index contributed by atoms with van der Waals surface area (Å²) in [5, 5.41) is 3.91. The van der Waals surface area contributed by atoms with E-state index in [0.717, 1.165) is 51.0 Å². The number of hydrogen-bond donors (Lipinski definition) is 0. The van der Waals surface area contributed by atoms with E-state index in [-0.39, 0.29) is 27.8 Å². The topological polar surface area (TPSA) is 91.5 Å². The van der Waals surface area contributed by atoms with Crippen molar-refractivity contribution in [3.05, 3.63) is 29.9 Å². The Hall–Kier alpha value is -1.84. The molecular formula is C22H29FN2O5S. The fraction of sp³-hybridized carbons (Fsp3) is 0.636. The van der Waals surface area contributed by atoms with Crippen molar-refractivity contribution in [1.82, 2.24) is 10.1 Å². The fourth-order valence-electron chi connectivity index (χ4n) is 4.82. The number of aromatic nitrogens is 2. The predicted octanol–water partition coefficient (Wildman–Crippen LogP) is 4.48. The normalized spacial score (nSPS) is 26.9. The van der Waals surface area contributed by atoms with Crippen molar-refractivity contribution in [2.24, 2.45) is 5.41 Å². The van der Waals surface area contributed by atoms with Crippen LogP contribution in [0.5, 0.6) is 0 Å². The van der Waals surface area contributed by atoms with Gasteiger partial charge in [0.05, 0.1) is 18.3 Å². The van der Waals surface area contributed by atoms with Gasteiger partial charge in [0.2, 0.25) is 5.82 Å². The van der Waals surface area contributed by atoms with Crippen LogP contribution >= 0.6 is 0 Å². The van der Waals surface area contributed by atoms with E-state index in [9.17, 15) is 12.8 Å². The Bertz CT molecular complexity index is 1060. The lowest BCUT2D eigenvalue weighted by Gasteiger charge is -2.37. The van der Waals surface area contributed by atoms with Gasteiger partial charge in [0.1, 0.15) is 16.8 Å². The van der Waals surface area contributed by atoms with E-state index >= 15 is 0 Å². The Balaban J connectivity index is 1.38. The number of hydrogen-bond acceptors (Lipinski definition) is 7. The summed E-state index contributed by atoms with van der Waals surface area (Å²) in [6, 6.07) is 3.77. The van der Waals surface area contributed by atoms with E-state index < -0.39 is 21.8 Å². The number of ether oxygens (including phenoxy) is 2. The average molecular weight is 453 g/mol. The zero-order valence-corrected chi connectivity index (χ0v) is 19.2. The Morgan fingerprint density at radius 3 is 2.55 bits per heavy atom. The SMILES string of the molecule is CC(OC1CCC2(CC1)COC(C)(C)C2)c1nc(-c2ccc(S(C)(=O)=O)c(F)c2)no1. The molecule has 4 rings (SSSR count). The molecule has 0 amide bonds. The maximum absolute atomic E-state index is 14.2. The number of benzene rings is 1. The van der Waals surface area contributed by atoms with Crippen LogP contribution in [0.4, 0.5) is 4.39 Å². The summed E-state index contributed by atoms with van der Waals surface area (Å²) in [6.45, 7) is 6.99. The highest BCUT2D eigenvalue weighted by atomic mass is 32.2. The molecule has 1 aliphatic carbocycles. The molecule has 0 bridgehead atoms. The minimum atomic E-state index is -3.64. The molecular weight excluding hydrogens is 423 g/mol. The molecule has 0 radical (unpaired) electrons. The van der Waals surface area contributed by atoms with Crippen LogP contribution in [0.2, 0.25) is 0 Å². The fourth-order valence-corrected chi connectivity index (χ4v) is 5.55. The molecule has 1 aromatic heterocycles. The van der Waals surface area contributed by atoms with Crippen LogP contribution < -0.4 is 0 Å². The lowest BCUT2D eigenvalue weighted by molar-refractivity contribution is -0.0560. The molecule has 31 heavy (non-hydrogen) atoms. The third-order valence-electron chi connectivity index (χ3n) is 6.34. The van der Waals surface area contributed by atoms with Crippen LogP contribution in [-0.4, -0.2) is 43.1 Å². The van der Waals surface area contributed by atoms with Crippen molar-refractivity contribution in [2.45, 2.75) is 75.6 Å². The molecule has 2 aliphatic rings. The van der Waals surface area contributed by atoms with Gasteiger partial charge in [0, 0.05) is 11.8 Å². The molecule has 1 saturated carbocycles. The number of sulfone groups is 1. The van der Waals surface area contributed by atoms with Crippen molar-refractivity contribution >= 4 is 9.84 Å².